The highest BCUT2D eigenvalue weighted by atomic mass is 35.5. The average Bonchev–Trinajstić information content (AvgIpc) is 3.27. The Labute approximate surface area is 189 Å². The number of carboxylic acids is 2. The van der Waals surface area contributed by atoms with Gasteiger partial charge in [0, 0.05) is 30.9 Å². The molecule has 9 nitrogen and oxygen atoms in total. The van der Waals surface area contributed by atoms with Crippen LogP contribution in [0.3, 0.4) is 0 Å². The number of methoxy groups -OCH3 is 1. The van der Waals surface area contributed by atoms with E-state index in [0.29, 0.717) is 17.2 Å². The normalized spacial score (nSPS) is 15.7. The van der Waals surface area contributed by atoms with E-state index < -0.39 is 24.0 Å². The van der Waals surface area contributed by atoms with Gasteiger partial charge in [-0.3, -0.25) is 0 Å². The van der Waals surface area contributed by atoms with Crippen molar-refractivity contribution in [2.75, 3.05) is 13.7 Å². The summed E-state index contributed by atoms with van der Waals surface area (Å²) < 4.78 is 5.51. The van der Waals surface area contributed by atoms with Gasteiger partial charge in [0.2, 0.25) is 0 Å². The first-order valence-electron chi connectivity index (χ1n) is 9.59. The first-order valence-corrected chi connectivity index (χ1v) is 9.96. The first kappa shape index (κ1) is 23.1. The number of allylic oxidation sites excluding steroid dienone is 2. The number of aromatic nitrogens is 2. The molecule has 1 aliphatic rings. The van der Waals surface area contributed by atoms with E-state index in [-0.39, 0.29) is 33.8 Å². The Bertz CT molecular complexity index is 1130. The number of H-pyrrole nitrogens is 1. The molecule has 0 bridgehead atoms. The van der Waals surface area contributed by atoms with Gasteiger partial charge in [-0.15, -0.1) is 0 Å². The summed E-state index contributed by atoms with van der Waals surface area (Å²) in [4.78, 5) is 33.5. The van der Waals surface area contributed by atoms with Crippen molar-refractivity contribution in [2.24, 2.45) is 0 Å². The molecule has 1 atom stereocenters. The summed E-state index contributed by atoms with van der Waals surface area (Å²) in [5, 5.41) is 29.5. The van der Waals surface area contributed by atoms with Crippen LogP contribution < -0.4 is 0 Å². The molecule has 10 heteroatoms. The summed E-state index contributed by atoms with van der Waals surface area (Å²) in [5.74, 6) is -3.20. The molecule has 1 aliphatic heterocycles. The largest absolute Gasteiger partial charge is 0.478 e. The molecular formula is C22H21ClN4O5. The van der Waals surface area contributed by atoms with Crippen molar-refractivity contribution in [1.29, 1.82) is 5.26 Å². The maximum absolute atomic E-state index is 12.4. The van der Waals surface area contributed by atoms with Crippen molar-refractivity contribution in [3.63, 3.8) is 0 Å². The van der Waals surface area contributed by atoms with Gasteiger partial charge >= 0.3 is 11.9 Å². The Hall–Kier alpha value is -3.61. The zero-order chi connectivity index (χ0) is 23.6. The highest BCUT2D eigenvalue weighted by Gasteiger charge is 2.41. The topological polar surface area (TPSA) is 140 Å². The van der Waals surface area contributed by atoms with E-state index in [1.54, 1.807) is 37.2 Å². The number of hydrogen-bond acceptors (Lipinski definition) is 6. The first-order chi connectivity index (χ1) is 15.2. The molecule has 0 spiro atoms. The van der Waals surface area contributed by atoms with Crippen molar-refractivity contribution in [2.45, 2.75) is 25.9 Å². The summed E-state index contributed by atoms with van der Waals surface area (Å²) in [5.41, 5.74) is 0.787. The second-order valence-electron chi connectivity index (χ2n) is 7.17. The minimum Gasteiger partial charge on any atom is -0.478 e. The number of imidazole rings is 1. The van der Waals surface area contributed by atoms with Gasteiger partial charge in [0.25, 0.3) is 0 Å². The molecule has 0 fully saturated rings. The molecular weight excluding hydrogens is 436 g/mol. The molecule has 32 heavy (non-hydrogen) atoms. The van der Waals surface area contributed by atoms with Gasteiger partial charge in [0.15, 0.2) is 0 Å². The molecule has 0 saturated heterocycles. The maximum Gasteiger partial charge on any atom is 0.334 e. The number of aliphatic carboxylic acids is 2. The second-order valence-corrected chi connectivity index (χ2v) is 7.55. The van der Waals surface area contributed by atoms with Crippen LogP contribution in [0, 0.1) is 11.3 Å². The second kappa shape index (κ2) is 9.26. The Morgan fingerprint density at radius 1 is 1.28 bits per heavy atom. The smallest absolute Gasteiger partial charge is 0.334 e. The molecule has 0 amide bonds. The molecule has 166 valence electrons. The van der Waals surface area contributed by atoms with Crippen LogP contribution in [0.15, 0.2) is 53.1 Å². The summed E-state index contributed by atoms with van der Waals surface area (Å²) in [6.45, 7) is 3.35. The van der Waals surface area contributed by atoms with Crippen molar-refractivity contribution in [3.8, 4) is 6.07 Å². The lowest BCUT2D eigenvalue weighted by Gasteiger charge is -2.38. The van der Waals surface area contributed by atoms with Gasteiger partial charge in [-0.05, 0) is 25.5 Å². The minimum absolute atomic E-state index is 0.0249. The number of carboxylic acid groups (broad SMARTS) is 2. The van der Waals surface area contributed by atoms with Gasteiger partial charge in [0.1, 0.15) is 18.0 Å². The number of nitrogens with one attached hydrogen (secondary N) is 1. The Balaban J connectivity index is 2.22. The summed E-state index contributed by atoms with van der Waals surface area (Å²) in [7, 11) is 1.49. The van der Waals surface area contributed by atoms with E-state index in [9.17, 15) is 25.1 Å². The fourth-order valence-electron chi connectivity index (χ4n) is 4.00. The van der Waals surface area contributed by atoms with E-state index in [0.717, 1.165) is 0 Å². The lowest BCUT2D eigenvalue weighted by atomic mass is 9.79. The number of halogens is 1. The summed E-state index contributed by atoms with van der Waals surface area (Å²) in [6, 6.07) is 6.52. The van der Waals surface area contributed by atoms with Gasteiger partial charge < -0.3 is 24.8 Å². The predicted molar refractivity (Wildman–Crippen MR) is 115 cm³/mol. The van der Waals surface area contributed by atoms with Crippen molar-refractivity contribution >= 4 is 23.5 Å². The molecule has 0 saturated carbocycles. The molecule has 0 aliphatic carbocycles. The highest BCUT2D eigenvalue weighted by Crippen LogP contribution is 2.45. The van der Waals surface area contributed by atoms with E-state index >= 15 is 0 Å². The third-order valence-electron chi connectivity index (χ3n) is 5.54. The molecule has 3 N–H and O–H groups in total. The van der Waals surface area contributed by atoms with Crippen LogP contribution in [0.25, 0.3) is 0 Å². The molecule has 1 aromatic heterocycles. The number of aromatic amines is 1. The monoisotopic (exact) mass is 456 g/mol. The zero-order valence-electron chi connectivity index (χ0n) is 17.6. The molecule has 0 unspecified atom stereocenters. The molecule has 3 rings (SSSR count). The lowest BCUT2D eigenvalue weighted by molar-refractivity contribution is -0.133. The van der Waals surface area contributed by atoms with Gasteiger partial charge in [-0.25, -0.2) is 14.6 Å². The standard InChI is InChI=1S/C22H21ClN4O5/c1-11-16(21(28)29)18(14-6-4-5-13(9-24)19(14)23)17(22(30)31)12(2)27(11)10-15(32-3)20-25-7-8-26-20/h4-8,15,18H,10H2,1-3H3,(H,25,26)(H,28,29)(H,30,31)/t15-/m1/s1. The lowest BCUT2D eigenvalue weighted by Crippen LogP contribution is -2.37. The molecule has 2 aromatic rings. The van der Waals surface area contributed by atoms with Crippen LogP contribution in [-0.4, -0.2) is 50.7 Å². The fraction of sp³-hybridized carbons (Fsp3) is 0.273. The quantitative estimate of drug-likeness (QED) is 0.575. The molecule has 1 aromatic carbocycles. The van der Waals surface area contributed by atoms with Gasteiger partial charge in [-0.1, -0.05) is 23.7 Å². The van der Waals surface area contributed by atoms with Crippen LogP contribution in [0.1, 0.15) is 42.8 Å². The van der Waals surface area contributed by atoms with E-state index in [4.69, 9.17) is 16.3 Å². The van der Waals surface area contributed by atoms with Crippen LogP contribution in [0.5, 0.6) is 0 Å². The third-order valence-corrected chi connectivity index (χ3v) is 5.97. The van der Waals surface area contributed by atoms with Crippen LogP contribution in [0.4, 0.5) is 0 Å². The summed E-state index contributed by atoms with van der Waals surface area (Å²) >= 11 is 6.39. The van der Waals surface area contributed by atoms with Gasteiger partial charge in [-0.2, -0.15) is 5.26 Å². The number of ether oxygens (including phenoxy) is 1. The predicted octanol–water partition coefficient (Wildman–Crippen LogP) is 3.44. The summed E-state index contributed by atoms with van der Waals surface area (Å²) in [6.07, 6.45) is 2.63. The fourth-order valence-corrected chi connectivity index (χ4v) is 4.27. The van der Waals surface area contributed by atoms with Crippen LogP contribution in [0.2, 0.25) is 5.02 Å². The van der Waals surface area contributed by atoms with Crippen molar-refractivity contribution < 1.29 is 24.5 Å². The number of rotatable bonds is 7. The highest BCUT2D eigenvalue weighted by molar-refractivity contribution is 6.32. The average molecular weight is 457 g/mol. The van der Waals surface area contributed by atoms with Gasteiger partial charge in [0.05, 0.1) is 34.2 Å². The van der Waals surface area contributed by atoms with Crippen molar-refractivity contribution in [1.82, 2.24) is 14.9 Å². The Morgan fingerprint density at radius 2 is 1.91 bits per heavy atom. The van der Waals surface area contributed by atoms with E-state index in [1.807, 2.05) is 6.07 Å². The maximum atomic E-state index is 12.4. The SMILES string of the molecule is CO[C@H](CN1C(C)=C(C(=O)O)C(c2cccc(C#N)c2Cl)C(C(=O)O)=C1C)c1ncc[nH]1. The van der Waals surface area contributed by atoms with Crippen LogP contribution >= 0.6 is 11.6 Å². The third kappa shape index (κ3) is 3.98. The number of nitrogens with zero attached hydrogens (tertiary/aromatic N) is 3. The Kier molecular flexibility index (Phi) is 6.67. The molecule has 2 heterocycles. The number of benzene rings is 1. The molecule has 0 radical (unpaired) electrons. The number of hydrogen-bond donors (Lipinski definition) is 3. The zero-order valence-corrected chi connectivity index (χ0v) is 18.3. The van der Waals surface area contributed by atoms with Crippen LogP contribution in [-0.2, 0) is 14.3 Å². The van der Waals surface area contributed by atoms with Crippen molar-refractivity contribution in [3.05, 3.63) is 75.1 Å². The number of nitriles is 1. The minimum atomic E-state index is -1.28. The van der Waals surface area contributed by atoms with E-state index in [1.165, 1.54) is 19.2 Å². The van der Waals surface area contributed by atoms with E-state index in [2.05, 4.69) is 9.97 Å². The number of carbonyl (C=O) groups is 2. The Morgan fingerprint density at radius 3 is 2.38 bits per heavy atom.